The lowest BCUT2D eigenvalue weighted by atomic mass is 10.1. The van der Waals surface area contributed by atoms with Gasteiger partial charge < -0.3 is 13.9 Å². The van der Waals surface area contributed by atoms with E-state index in [0.29, 0.717) is 23.6 Å². The van der Waals surface area contributed by atoms with Crippen molar-refractivity contribution in [2.75, 3.05) is 13.7 Å². The quantitative estimate of drug-likeness (QED) is 0.459. The molecule has 1 aliphatic rings. The number of hydrogen-bond donors (Lipinski definition) is 0. The van der Waals surface area contributed by atoms with E-state index >= 15 is 0 Å². The molecule has 9 heteroatoms. The third kappa shape index (κ3) is 5.54. The largest absolute Gasteiger partial charge is 0.487 e. The number of likely N-dealkylation sites (tertiary alicyclic amines) is 1. The fourth-order valence-corrected chi connectivity index (χ4v) is 3.81. The Balaban J connectivity index is 1.32. The summed E-state index contributed by atoms with van der Waals surface area (Å²) in [7, 11) is 1.41. The summed E-state index contributed by atoms with van der Waals surface area (Å²) in [5, 5.41) is 0. The summed E-state index contributed by atoms with van der Waals surface area (Å²) in [5.41, 5.74) is 1.30. The molecule has 0 saturated carbocycles. The van der Waals surface area contributed by atoms with Crippen LogP contribution in [0.15, 0.2) is 59.2 Å². The second kappa shape index (κ2) is 9.66. The van der Waals surface area contributed by atoms with Crippen molar-refractivity contribution in [1.29, 1.82) is 0 Å². The van der Waals surface area contributed by atoms with Crippen molar-refractivity contribution in [1.82, 2.24) is 9.88 Å². The highest BCUT2D eigenvalue weighted by molar-refractivity contribution is 5.76. The number of esters is 1. The lowest BCUT2D eigenvalue weighted by Gasteiger charge is -2.22. The molecular formula is C24H23F3N2O4. The first kappa shape index (κ1) is 22.8. The highest BCUT2D eigenvalue weighted by atomic mass is 19.4. The van der Waals surface area contributed by atoms with Crippen molar-refractivity contribution in [2.24, 2.45) is 0 Å². The highest BCUT2D eigenvalue weighted by Crippen LogP contribution is 2.31. The Hall–Kier alpha value is -3.33. The van der Waals surface area contributed by atoms with Gasteiger partial charge in [0, 0.05) is 12.1 Å². The van der Waals surface area contributed by atoms with E-state index in [0.717, 1.165) is 37.1 Å². The molecule has 6 nitrogen and oxygen atoms in total. The van der Waals surface area contributed by atoms with Crippen LogP contribution in [0.5, 0.6) is 5.75 Å². The van der Waals surface area contributed by atoms with Gasteiger partial charge in [-0.3, -0.25) is 9.69 Å². The average molecular weight is 460 g/mol. The standard InChI is InChI=1S/C24H23F3N2O4/c1-31-23(30)21-3-2-12-29(21)13-16-4-10-20(11-5-16)32-14-19-15-33-22(28-19)17-6-8-18(9-7-17)24(25,26)27/h4-11,15,21H,2-3,12-14H2,1H3. The number of halogens is 3. The molecule has 0 N–H and O–H groups in total. The lowest BCUT2D eigenvalue weighted by molar-refractivity contribution is -0.146. The fourth-order valence-electron chi connectivity index (χ4n) is 3.81. The number of rotatable bonds is 7. The average Bonchev–Trinajstić information content (AvgIpc) is 3.47. The molecule has 3 aromatic rings. The summed E-state index contributed by atoms with van der Waals surface area (Å²) in [4.78, 5) is 18.3. The van der Waals surface area contributed by atoms with Crippen LogP contribution in [-0.2, 0) is 28.9 Å². The van der Waals surface area contributed by atoms with Crippen LogP contribution in [0.25, 0.3) is 11.5 Å². The smallest absolute Gasteiger partial charge is 0.416 e. The van der Waals surface area contributed by atoms with Gasteiger partial charge in [-0.1, -0.05) is 12.1 Å². The summed E-state index contributed by atoms with van der Waals surface area (Å²) >= 11 is 0. The van der Waals surface area contributed by atoms with Crippen molar-refractivity contribution in [3.8, 4) is 17.2 Å². The number of hydrogen-bond acceptors (Lipinski definition) is 6. The van der Waals surface area contributed by atoms with Crippen LogP contribution in [0.3, 0.4) is 0 Å². The summed E-state index contributed by atoms with van der Waals surface area (Å²) in [6, 6.07) is 12.0. The molecule has 33 heavy (non-hydrogen) atoms. The van der Waals surface area contributed by atoms with E-state index < -0.39 is 11.7 Å². The predicted octanol–water partition coefficient (Wildman–Crippen LogP) is 5.08. The number of nitrogens with zero attached hydrogens (tertiary/aromatic N) is 2. The number of aromatic nitrogens is 1. The molecule has 2 heterocycles. The van der Waals surface area contributed by atoms with Gasteiger partial charge in [0.15, 0.2) is 0 Å². The molecule has 1 aromatic heterocycles. The zero-order chi connectivity index (χ0) is 23.4. The molecule has 1 aliphatic heterocycles. The van der Waals surface area contributed by atoms with Gasteiger partial charge in [-0.25, -0.2) is 4.98 Å². The van der Waals surface area contributed by atoms with Crippen LogP contribution in [0, 0.1) is 0 Å². The monoisotopic (exact) mass is 460 g/mol. The molecule has 0 spiro atoms. The molecule has 2 aromatic carbocycles. The topological polar surface area (TPSA) is 64.8 Å². The molecular weight excluding hydrogens is 437 g/mol. The van der Waals surface area contributed by atoms with Gasteiger partial charge in [-0.05, 0) is 61.3 Å². The van der Waals surface area contributed by atoms with E-state index in [4.69, 9.17) is 13.9 Å². The number of oxazole rings is 1. The van der Waals surface area contributed by atoms with Crippen LogP contribution in [0.1, 0.15) is 29.7 Å². The Morgan fingerprint density at radius 2 is 1.88 bits per heavy atom. The SMILES string of the molecule is COC(=O)C1CCCN1Cc1ccc(OCc2coc(-c3ccc(C(F)(F)F)cc3)n2)cc1. The maximum atomic E-state index is 12.7. The Bertz CT molecular complexity index is 1080. The molecule has 0 bridgehead atoms. The minimum Gasteiger partial charge on any atom is -0.487 e. The van der Waals surface area contributed by atoms with Gasteiger partial charge in [-0.15, -0.1) is 0 Å². The van der Waals surface area contributed by atoms with Crippen LogP contribution >= 0.6 is 0 Å². The first-order chi connectivity index (χ1) is 15.8. The van der Waals surface area contributed by atoms with E-state index in [2.05, 4.69) is 9.88 Å². The molecule has 1 fully saturated rings. The summed E-state index contributed by atoms with van der Waals surface area (Å²) < 4.78 is 54.1. The zero-order valence-electron chi connectivity index (χ0n) is 18.0. The molecule has 1 saturated heterocycles. The van der Waals surface area contributed by atoms with Gasteiger partial charge >= 0.3 is 12.1 Å². The van der Waals surface area contributed by atoms with Crippen molar-refractivity contribution in [3.05, 3.63) is 71.6 Å². The normalized spacial score (nSPS) is 16.7. The van der Waals surface area contributed by atoms with E-state index in [9.17, 15) is 18.0 Å². The Morgan fingerprint density at radius 3 is 2.55 bits per heavy atom. The number of methoxy groups -OCH3 is 1. The fraction of sp³-hybridized carbons (Fsp3) is 0.333. The first-order valence-electron chi connectivity index (χ1n) is 10.5. The summed E-state index contributed by atoms with van der Waals surface area (Å²) in [6.45, 7) is 1.66. The third-order valence-electron chi connectivity index (χ3n) is 5.54. The predicted molar refractivity (Wildman–Crippen MR) is 113 cm³/mol. The molecule has 1 atom stereocenters. The van der Waals surface area contributed by atoms with Gasteiger partial charge in [-0.2, -0.15) is 13.2 Å². The molecule has 174 valence electrons. The second-order valence-corrected chi connectivity index (χ2v) is 7.80. The summed E-state index contributed by atoms with van der Waals surface area (Å²) in [6.07, 6.45) is -1.20. The van der Waals surface area contributed by atoms with Gasteiger partial charge in [0.25, 0.3) is 0 Å². The Morgan fingerprint density at radius 1 is 1.15 bits per heavy atom. The van der Waals surface area contributed by atoms with Crippen molar-refractivity contribution in [2.45, 2.75) is 38.2 Å². The molecule has 4 rings (SSSR count). The first-order valence-corrected chi connectivity index (χ1v) is 10.5. The summed E-state index contributed by atoms with van der Waals surface area (Å²) in [5.74, 6) is 0.669. The number of benzene rings is 2. The van der Waals surface area contributed by atoms with Crippen LogP contribution in [0.2, 0.25) is 0 Å². The minimum atomic E-state index is -4.39. The Labute approximate surface area is 188 Å². The minimum absolute atomic E-state index is 0.153. The van der Waals surface area contributed by atoms with Gasteiger partial charge in [0.05, 0.1) is 12.7 Å². The van der Waals surface area contributed by atoms with Crippen molar-refractivity contribution >= 4 is 5.97 Å². The van der Waals surface area contributed by atoms with Gasteiger partial charge in [0.1, 0.15) is 30.4 Å². The number of carbonyl (C=O) groups is 1. The van der Waals surface area contributed by atoms with Crippen molar-refractivity contribution in [3.63, 3.8) is 0 Å². The number of ether oxygens (including phenoxy) is 2. The van der Waals surface area contributed by atoms with Crippen LogP contribution in [-0.4, -0.2) is 35.5 Å². The zero-order valence-corrected chi connectivity index (χ0v) is 18.0. The third-order valence-corrected chi connectivity index (χ3v) is 5.54. The van der Waals surface area contributed by atoms with E-state index in [1.54, 1.807) is 0 Å². The molecule has 0 aliphatic carbocycles. The number of alkyl halides is 3. The van der Waals surface area contributed by atoms with Crippen LogP contribution < -0.4 is 4.74 Å². The molecule has 0 radical (unpaired) electrons. The maximum Gasteiger partial charge on any atom is 0.416 e. The maximum absolute atomic E-state index is 12.7. The molecule has 0 amide bonds. The Kier molecular flexibility index (Phi) is 6.69. The van der Waals surface area contributed by atoms with Crippen LogP contribution in [0.4, 0.5) is 13.2 Å². The number of carbonyl (C=O) groups excluding carboxylic acids is 1. The van der Waals surface area contributed by atoms with E-state index in [1.807, 2.05) is 24.3 Å². The highest BCUT2D eigenvalue weighted by Gasteiger charge is 2.31. The second-order valence-electron chi connectivity index (χ2n) is 7.80. The van der Waals surface area contributed by atoms with Crippen molar-refractivity contribution < 1.29 is 31.9 Å². The lowest BCUT2D eigenvalue weighted by Crippen LogP contribution is -2.36. The van der Waals surface area contributed by atoms with Gasteiger partial charge in [0.2, 0.25) is 5.89 Å². The van der Waals surface area contributed by atoms with E-state index in [1.165, 1.54) is 25.5 Å². The van der Waals surface area contributed by atoms with E-state index in [-0.39, 0.29) is 24.5 Å². The molecule has 1 unspecified atom stereocenters.